The highest BCUT2D eigenvalue weighted by molar-refractivity contribution is 7.99. The first-order chi connectivity index (χ1) is 7.77. The Morgan fingerprint density at radius 1 is 1.59 bits per heavy atom. The van der Waals surface area contributed by atoms with E-state index in [-0.39, 0.29) is 24.4 Å². The van der Waals surface area contributed by atoms with Gasteiger partial charge in [-0.3, -0.25) is 10.1 Å². The van der Waals surface area contributed by atoms with Gasteiger partial charge in [-0.1, -0.05) is 0 Å². The Balaban J connectivity index is 0.00000144. The van der Waals surface area contributed by atoms with Crippen molar-refractivity contribution in [2.45, 2.75) is 18.9 Å². The van der Waals surface area contributed by atoms with E-state index in [1.807, 2.05) is 11.9 Å². The number of ether oxygens (including phenoxy) is 1. The van der Waals surface area contributed by atoms with Gasteiger partial charge < -0.3 is 9.64 Å². The lowest BCUT2D eigenvalue weighted by atomic mass is 10.0. The minimum atomic E-state index is 0. The lowest BCUT2D eigenvalue weighted by molar-refractivity contribution is -0.132. The number of hydrogen-bond acceptors (Lipinski definition) is 4. The number of nitrogens with one attached hydrogen (secondary N) is 1. The quantitative estimate of drug-likeness (QED) is 0.836. The topological polar surface area (TPSA) is 41.6 Å². The molecular weight excluding hydrogens is 260 g/mol. The average Bonchev–Trinajstić information content (AvgIpc) is 2.83. The summed E-state index contributed by atoms with van der Waals surface area (Å²) in [7, 11) is 1.90. The van der Waals surface area contributed by atoms with Crippen LogP contribution in [-0.4, -0.2) is 55.3 Å². The second-order valence-corrected chi connectivity index (χ2v) is 5.60. The number of thioether (sulfide) groups is 1. The van der Waals surface area contributed by atoms with Crippen LogP contribution in [0.15, 0.2) is 0 Å². The summed E-state index contributed by atoms with van der Waals surface area (Å²) in [4.78, 5) is 13.9. The normalized spacial score (nSPS) is 28.5. The molecule has 2 unspecified atom stereocenters. The fourth-order valence-electron chi connectivity index (χ4n) is 2.25. The molecule has 0 aromatic rings. The number of amides is 1. The van der Waals surface area contributed by atoms with E-state index in [9.17, 15) is 4.79 Å². The zero-order valence-electron chi connectivity index (χ0n) is 10.2. The molecule has 1 amide bonds. The van der Waals surface area contributed by atoms with Crippen molar-refractivity contribution in [2.24, 2.45) is 5.92 Å². The van der Waals surface area contributed by atoms with Gasteiger partial charge in [-0.15, -0.1) is 24.2 Å². The Kier molecular flexibility index (Phi) is 6.62. The zero-order chi connectivity index (χ0) is 11.4. The van der Waals surface area contributed by atoms with Crippen LogP contribution in [0, 0.1) is 5.92 Å². The van der Waals surface area contributed by atoms with E-state index >= 15 is 0 Å². The summed E-state index contributed by atoms with van der Waals surface area (Å²) in [5, 5.41) is 3.22. The molecule has 2 aliphatic rings. The molecule has 0 radical (unpaired) electrons. The monoisotopic (exact) mass is 280 g/mol. The maximum Gasteiger partial charge on any atom is 0.240 e. The van der Waals surface area contributed by atoms with Crippen molar-refractivity contribution in [1.82, 2.24) is 10.2 Å². The third-order valence-corrected chi connectivity index (χ3v) is 4.12. The van der Waals surface area contributed by atoms with E-state index in [1.165, 1.54) is 6.42 Å². The second-order valence-electron chi connectivity index (χ2n) is 4.57. The predicted molar refractivity (Wildman–Crippen MR) is 72.7 cm³/mol. The van der Waals surface area contributed by atoms with Crippen molar-refractivity contribution in [3.63, 3.8) is 0 Å². The lowest BCUT2D eigenvalue weighted by Gasteiger charge is -2.28. The van der Waals surface area contributed by atoms with Gasteiger partial charge in [0, 0.05) is 31.8 Å². The summed E-state index contributed by atoms with van der Waals surface area (Å²) < 4.78 is 5.43. The van der Waals surface area contributed by atoms with Gasteiger partial charge in [0.05, 0.1) is 12.6 Å². The van der Waals surface area contributed by atoms with Gasteiger partial charge >= 0.3 is 0 Å². The smallest absolute Gasteiger partial charge is 0.240 e. The Labute approximate surface area is 113 Å². The molecule has 0 aromatic heterocycles. The molecule has 17 heavy (non-hydrogen) atoms. The third kappa shape index (κ3) is 4.32. The first kappa shape index (κ1) is 15.1. The number of hydrogen-bond donors (Lipinski definition) is 1. The molecular formula is C11H21ClN2O2S. The Hall–Kier alpha value is 0.0300. The van der Waals surface area contributed by atoms with E-state index in [0.717, 1.165) is 37.8 Å². The van der Waals surface area contributed by atoms with E-state index < -0.39 is 0 Å². The molecule has 0 bridgehead atoms. The van der Waals surface area contributed by atoms with Crippen LogP contribution in [0.2, 0.25) is 0 Å². The van der Waals surface area contributed by atoms with Crippen LogP contribution in [0.5, 0.6) is 0 Å². The van der Waals surface area contributed by atoms with Gasteiger partial charge in [-0.25, -0.2) is 0 Å². The molecule has 2 atom stereocenters. The van der Waals surface area contributed by atoms with Crippen molar-refractivity contribution in [1.29, 1.82) is 0 Å². The summed E-state index contributed by atoms with van der Waals surface area (Å²) in [6.07, 6.45) is 2.31. The molecule has 1 N–H and O–H groups in total. The van der Waals surface area contributed by atoms with Crippen molar-refractivity contribution >= 4 is 30.1 Å². The van der Waals surface area contributed by atoms with Gasteiger partial charge in [0.25, 0.3) is 0 Å². The molecule has 2 rings (SSSR count). The molecule has 100 valence electrons. The lowest BCUT2D eigenvalue weighted by Crippen LogP contribution is -2.45. The number of carbonyl (C=O) groups excluding carboxylic acids is 1. The van der Waals surface area contributed by atoms with Crippen LogP contribution in [-0.2, 0) is 9.53 Å². The molecule has 4 nitrogen and oxygen atoms in total. The molecule has 0 spiro atoms. The summed E-state index contributed by atoms with van der Waals surface area (Å²) in [6.45, 7) is 2.53. The Morgan fingerprint density at radius 2 is 2.41 bits per heavy atom. The van der Waals surface area contributed by atoms with Gasteiger partial charge in [-0.05, 0) is 18.8 Å². The van der Waals surface area contributed by atoms with E-state index in [0.29, 0.717) is 5.92 Å². The summed E-state index contributed by atoms with van der Waals surface area (Å²) in [5.74, 6) is 2.56. The van der Waals surface area contributed by atoms with E-state index in [4.69, 9.17) is 4.74 Å². The third-order valence-electron chi connectivity index (χ3n) is 3.18. The number of carbonyl (C=O) groups is 1. The largest absolute Gasteiger partial charge is 0.381 e. The van der Waals surface area contributed by atoms with Crippen LogP contribution in [0.1, 0.15) is 12.8 Å². The SMILES string of the molecule is CN(CC1CCCOC1)C(=O)C1CSCN1.Cl. The zero-order valence-corrected chi connectivity index (χ0v) is 11.8. The minimum Gasteiger partial charge on any atom is -0.381 e. The van der Waals surface area contributed by atoms with Crippen molar-refractivity contribution in [3.8, 4) is 0 Å². The standard InChI is InChI=1S/C11H20N2O2S.ClH/c1-13(5-9-3-2-4-15-6-9)11(14)10-7-16-8-12-10;/h9-10,12H,2-8H2,1H3;1H. The highest BCUT2D eigenvalue weighted by atomic mass is 35.5. The number of halogens is 1. The van der Waals surface area contributed by atoms with Crippen LogP contribution in [0.25, 0.3) is 0 Å². The number of rotatable bonds is 3. The van der Waals surface area contributed by atoms with E-state index in [1.54, 1.807) is 11.8 Å². The highest BCUT2D eigenvalue weighted by Gasteiger charge is 2.27. The first-order valence-corrected chi connectivity index (χ1v) is 7.06. The Morgan fingerprint density at radius 3 is 3.00 bits per heavy atom. The molecule has 6 heteroatoms. The first-order valence-electron chi connectivity index (χ1n) is 5.91. The fourth-order valence-corrected chi connectivity index (χ4v) is 3.18. The van der Waals surface area contributed by atoms with E-state index in [2.05, 4.69) is 5.32 Å². The summed E-state index contributed by atoms with van der Waals surface area (Å²) >= 11 is 1.79. The van der Waals surface area contributed by atoms with Crippen molar-refractivity contribution < 1.29 is 9.53 Å². The van der Waals surface area contributed by atoms with Gasteiger partial charge in [-0.2, -0.15) is 0 Å². The molecule has 0 aromatic carbocycles. The van der Waals surface area contributed by atoms with Crippen LogP contribution >= 0.6 is 24.2 Å². The summed E-state index contributed by atoms with van der Waals surface area (Å²) in [6, 6.07) is 0.0273. The molecule has 2 aliphatic heterocycles. The molecule has 2 heterocycles. The van der Waals surface area contributed by atoms with Crippen molar-refractivity contribution in [2.75, 3.05) is 38.4 Å². The molecule has 2 saturated heterocycles. The maximum atomic E-state index is 12.0. The molecule has 0 saturated carbocycles. The van der Waals surface area contributed by atoms with Crippen LogP contribution in [0.4, 0.5) is 0 Å². The van der Waals surface area contributed by atoms with Gasteiger partial charge in [0.15, 0.2) is 0 Å². The number of likely N-dealkylation sites (N-methyl/N-ethyl adjacent to an activating group) is 1. The Bertz CT molecular complexity index is 244. The summed E-state index contributed by atoms with van der Waals surface area (Å²) in [5.41, 5.74) is 0. The van der Waals surface area contributed by atoms with Crippen molar-refractivity contribution in [3.05, 3.63) is 0 Å². The number of nitrogens with zero attached hydrogens (tertiary/aromatic N) is 1. The van der Waals surface area contributed by atoms with Gasteiger partial charge in [0.2, 0.25) is 5.91 Å². The van der Waals surface area contributed by atoms with Crippen LogP contribution in [0.3, 0.4) is 0 Å². The highest BCUT2D eigenvalue weighted by Crippen LogP contribution is 2.16. The average molecular weight is 281 g/mol. The molecule has 0 aliphatic carbocycles. The molecule has 2 fully saturated rings. The maximum absolute atomic E-state index is 12.0. The van der Waals surface area contributed by atoms with Crippen LogP contribution < -0.4 is 5.32 Å². The minimum absolute atomic E-state index is 0. The van der Waals surface area contributed by atoms with Gasteiger partial charge in [0.1, 0.15) is 0 Å². The fraction of sp³-hybridized carbons (Fsp3) is 0.909. The second kappa shape index (κ2) is 7.46. The predicted octanol–water partition coefficient (Wildman–Crippen LogP) is 0.956.